The van der Waals surface area contributed by atoms with Crippen molar-refractivity contribution in [1.29, 1.82) is 0 Å². The first kappa shape index (κ1) is 35.0. The second kappa shape index (κ2) is 19.1. The predicted molar refractivity (Wildman–Crippen MR) is 156 cm³/mol. The van der Waals surface area contributed by atoms with E-state index in [9.17, 15) is 5.21 Å². The molecule has 0 amide bonds. The van der Waals surface area contributed by atoms with Gasteiger partial charge in [-0.2, -0.15) is 5.23 Å². The summed E-state index contributed by atoms with van der Waals surface area (Å²) >= 11 is 0. The van der Waals surface area contributed by atoms with Crippen LogP contribution in [0.1, 0.15) is 36.1 Å². The molecule has 0 heterocycles. The molecule has 222 valence electrons. The van der Waals surface area contributed by atoms with Crippen LogP contribution in [-0.2, 0) is 37.6 Å². The van der Waals surface area contributed by atoms with Gasteiger partial charge in [-0.1, -0.05) is 50.2 Å². The van der Waals surface area contributed by atoms with Gasteiger partial charge in [0, 0.05) is 45.5 Å². The smallest absolute Gasteiger partial charge is 0.169 e. The molecule has 1 atom stereocenters. The van der Waals surface area contributed by atoms with Crippen molar-refractivity contribution in [1.82, 2.24) is 0 Å². The zero-order chi connectivity index (χ0) is 30.0. The predicted octanol–water partition coefficient (Wildman–Crippen LogP) is 4.69. The first-order valence-electron chi connectivity index (χ1n) is 12.8. The van der Waals surface area contributed by atoms with E-state index >= 15 is 0 Å². The average molecular weight is 560 g/mol. The maximum Gasteiger partial charge on any atom is 0.169 e. The van der Waals surface area contributed by atoms with Gasteiger partial charge in [-0.05, 0) is 41.0 Å². The van der Waals surface area contributed by atoms with Crippen LogP contribution >= 0.6 is 0 Å². The Balaban J connectivity index is 0.000000340. The zero-order valence-corrected chi connectivity index (χ0v) is 25.0. The molecule has 0 aliphatic carbocycles. The van der Waals surface area contributed by atoms with Crippen molar-refractivity contribution in [3.63, 3.8) is 0 Å². The van der Waals surface area contributed by atoms with E-state index in [1.165, 1.54) is 18.2 Å². The van der Waals surface area contributed by atoms with E-state index in [4.69, 9.17) is 24.2 Å². The van der Waals surface area contributed by atoms with Crippen molar-refractivity contribution >= 4 is 5.69 Å². The minimum atomic E-state index is -0.944. The van der Waals surface area contributed by atoms with Crippen molar-refractivity contribution in [2.24, 2.45) is 0 Å². The third-order valence-corrected chi connectivity index (χ3v) is 6.13. The fourth-order valence-corrected chi connectivity index (χ4v) is 3.71. The summed E-state index contributed by atoms with van der Waals surface area (Å²) in [7, 11) is 9.78. The van der Waals surface area contributed by atoms with Gasteiger partial charge in [0.1, 0.15) is 11.5 Å². The molecule has 3 rings (SSSR count). The third kappa shape index (κ3) is 11.6. The van der Waals surface area contributed by atoms with Crippen LogP contribution in [0.25, 0.3) is 0 Å². The molecule has 0 bridgehead atoms. The molecule has 9 heteroatoms. The van der Waals surface area contributed by atoms with Crippen molar-refractivity contribution in [3.8, 4) is 11.5 Å². The van der Waals surface area contributed by atoms with E-state index in [0.29, 0.717) is 32.0 Å². The highest BCUT2D eigenvalue weighted by Crippen LogP contribution is 2.33. The molecule has 2 N–H and O–H groups in total. The largest absolute Gasteiger partial charge is 0.595 e. The Morgan fingerprint density at radius 2 is 1.10 bits per heavy atom. The van der Waals surface area contributed by atoms with Gasteiger partial charge in [0.15, 0.2) is 5.69 Å². The van der Waals surface area contributed by atoms with Crippen LogP contribution in [-0.4, -0.2) is 61.1 Å². The fraction of sp³-hybridized carbons (Fsp3) is 0.419. The highest BCUT2D eigenvalue weighted by atomic mass is 16.8. The van der Waals surface area contributed by atoms with E-state index < -0.39 is 5.23 Å². The number of hydrogen-bond donors (Lipinski definition) is 2. The molecule has 0 aromatic heterocycles. The third-order valence-electron chi connectivity index (χ3n) is 6.13. The van der Waals surface area contributed by atoms with Crippen LogP contribution in [0.5, 0.6) is 11.5 Å². The lowest BCUT2D eigenvalue weighted by atomic mass is 9.78. The molecule has 9 nitrogen and oxygen atoms in total. The number of methoxy groups -OCH3 is 6. The average Bonchev–Trinajstić information content (AvgIpc) is 2.97. The van der Waals surface area contributed by atoms with Gasteiger partial charge in [-0.15, -0.1) is 0 Å². The Labute approximate surface area is 238 Å². The topological polar surface area (TPSA) is 103 Å². The molecule has 3 aromatic rings. The second-order valence-electron chi connectivity index (χ2n) is 9.23. The minimum Gasteiger partial charge on any atom is -0.595 e. The van der Waals surface area contributed by atoms with Gasteiger partial charge in [0.05, 0.1) is 40.6 Å². The fourth-order valence-electron chi connectivity index (χ4n) is 3.71. The van der Waals surface area contributed by atoms with E-state index in [-0.39, 0.29) is 11.1 Å². The molecular formula is C31H45NO8. The minimum absolute atomic E-state index is 0.0431. The van der Waals surface area contributed by atoms with Gasteiger partial charge in [0.25, 0.3) is 0 Å². The van der Waals surface area contributed by atoms with Gasteiger partial charge in [-0.3, -0.25) is 0 Å². The molecule has 0 radical (unpaired) electrons. The summed E-state index contributed by atoms with van der Waals surface area (Å²) in [5, 5.41) is 19.0. The van der Waals surface area contributed by atoms with Gasteiger partial charge in [0.2, 0.25) is 0 Å². The van der Waals surface area contributed by atoms with Crippen LogP contribution < -0.4 is 14.7 Å². The summed E-state index contributed by atoms with van der Waals surface area (Å²) in [6, 6.07) is 21.7. The van der Waals surface area contributed by atoms with Crippen molar-refractivity contribution < 1.29 is 38.9 Å². The highest BCUT2D eigenvalue weighted by Gasteiger charge is 2.23. The molecular weight excluding hydrogens is 514 g/mol. The molecule has 0 aliphatic rings. The summed E-state index contributed by atoms with van der Waals surface area (Å²) in [5.74, 6) is 1.77. The van der Waals surface area contributed by atoms with Crippen molar-refractivity contribution in [2.45, 2.75) is 32.5 Å². The van der Waals surface area contributed by atoms with Crippen LogP contribution in [0.15, 0.2) is 66.7 Å². The Kier molecular flexibility index (Phi) is 16.7. The van der Waals surface area contributed by atoms with Crippen molar-refractivity contribution in [2.75, 3.05) is 55.9 Å². The summed E-state index contributed by atoms with van der Waals surface area (Å²) in [4.78, 5) is 0. The van der Waals surface area contributed by atoms with E-state index in [0.717, 1.165) is 17.1 Å². The number of quaternary nitrogens is 1. The summed E-state index contributed by atoms with van der Waals surface area (Å²) in [5.41, 5.74) is 4.27. The van der Waals surface area contributed by atoms with E-state index in [1.807, 2.05) is 30.3 Å². The molecule has 0 spiro atoms. The van der Waals surface area contributed by atoms with Crippen LogP contribution in [0.4, 0.5) is 5.69 Å². The highest BCUT2D eigenvalue weighted by molar-refractivity contribution is 5.43. The molecule has 0 fully saturated rings. The number of hydrogen-bond acceptors (Lipinski definition) is 8. The Hall–Kier alpha value is -3.02. The first-order chi connectivity index (χ1) is 19.2. The normalized spacial score (nSPS) is 11.4. The Morgan fingerprint density at radius 1 is 0.650 bits per heavy atom. The summed E-state index contributed by atoms with van der Waals surface area (Å²) in [6.45, 7) is 6.53. The van der Waals surface area contributed by atoms with Gasteiger partial charge >= 0.3 is 0 Å². The number of ether oxygens (including phenoxy) is 6. The van der Waals surface area contributed by atoms with Gasteiger partial charge in [-0.25, -0.2) is 5.21 Å². The number of rotatable bonds is 12. The lowest BCUT2D eigenvalue weighted by Gasteiger charge is -2.26. The maximum atomic E-state index is 11.0. The van der Waals surface area contributed by atoms with Gasteiger partial charge < -0.3 is 33.6 Å². The van der Waals surface area contributed by atoms with E-state index in [2.05, 4.69) is 47.6 Å². The Morgan fingerprint density at radius 3 is 1.45 bits per heavy atom. The molecule has 0 saturated carbocycles. The van der Waals surface area contributed by atoms with E-state index in [1.54, 1.807) is 47.7 Å². The summed E-state index contributed by atoms with van der Waals surface area (Å²) < 4.78 is 29.6. The lowest BCUT2D eigenvalue weighted by molar-refractivity contribution is -0.991. The molecule has 0 saturated heterocycles. The number of nitrogens with one attached hydrogen (secondary N) is 1. The Bertz CT molecular complexity index is 1020. The van der Waals surface area contributed by atoms with Crippen molar-refractivity contribution in [3.05, 3.63) is 94.2 Å². The lowest BCUT2D eigenvalue weighted by Crippen LogP contribution is -2.99. The SMILES string of the molecule is COCCOC.COCc1ccc(COC)c([NH+]([O-])O)c1.COc1ccc(C(C)(C)c2ccc(OC)cc2)cc1. The van der Waals surface area contributed by atoms with Crippen LogP contribution in [0.2, 0.25) is 0 Å². The van der Waals surface area contributed by atoms with Crippen LogP contribution in [0.3, 0.4) is 0 Å². The monoisotopic (exact) mass is 559 g/mol. The maximum absolute atomic E-state index is 11.0. The standard InChI is InChI=1S/C17H20O2.C10H15NO4.C4H10O2/c1-17(2,13-5-9-15(18-3)10-6-13)14-7-11-16(19-4)12-8-14;1-14-6-8-3-4-9(7-15-2)10(5-8)11(12)13;1-5-3-4-6-2/h5-12H,1-4H3;3-5,11-12H,6-7H2,1-2H3;3-4H2,1-2H3. The quantitative estimate of drug-likeness (QED) is 0.243. The van der Waals surface area contributed by atoms with Crippen LogP contribution in [0, 0.1) is 5.21 Å². The molecule has 1 unspecified atom stereocenters. The number of benzene rings is 3. The molecule has 3 aromatic carbocycles. The summed E-state index contributed by atoms with van der Waals surface area (Å²) in [6.07, 6.45) is 0. The second-order valence-corrected chi connectivity index (χ2v) is 9.23. The molecule has 0 aliphatic heterocycles. The first-order valence-corrected chi connectivity index (χ1v) is 12.8. The molecule has 40 heavy (non-hydrogen) atoms. The zero-order valence-electron chi connectivity index (χ0n) is 25.0.